The molecule has 0 spiro atoms. The SMILES string of the molecule is CC(=O)O.CCCc1c(OCCCSc2ccccc2Cl)ccc(C(C)=O)c1O. The van der Waals surface area contributed by atoms with E-state index in [0.29, 0.717) is 29.9 Å². The van der Waals surface area contributed by atoms with E-state index < -0.39 is 5.97 Å². The summed E-state index contributed by atoms with van der Waals surface area (Å²) in [6.07, 6.45) is 2.40. The van der Waals surface area contributed by atoms with Gasteiger partial charge in [-0.05, 0) is 44.0 Å². The number of phenolic OH excluding ortho intramolecular Hbond substituents is 1. The Morgan fingerprint density at radius 3 is 2.38 bits per heavy atom. The van der Waals surface area contributed by atoms with Crippen molar-refractivity contribution in [2.75, 3.05) is 12.4 Å². The number of ketones is 1. The number of Topliss-reactive ketones (excluding diaryl/α,β-unsaturated/α-hetero) is 1. The van der Waals surface area contributed by atoms with Crippen LogP contribution in [0.2, 0.25) is 5.02 Å². The fraction of sp³-hybridized carbons (Fsp3) is 0.364. The van der Waals surface area contributed by atoms with Gasteiger partial charge in [0.15, 0.2) is 5.78 Å². The molecule has 0 aromatic heterocycles. The topological polar surface area (TPSA) is 83.8 Å². The molecular weight excluding hydrogens is 412 g/mol. The van der Waals surface area contributed by atoms with Gasteiger partial charge >= 0.3 is 0 Å². The molecule has 0 atom stereocenters. The first-order valence-electron chi connectivity index (χ1n) is 9.33. The van der Waals surface area contributed by atoms with Crippen molar-refractivity contribution in [1.82, 2.24) is 0 Å². The van der Waals surface area contributed by atoms with Crippen LogP contribution in [0.3, 0.4) is 0 Å². The third-order valence-corrected chi connectivity index (χ3v) is 5.36. The molecule has 0 radical (unpaired) electrons. The highest BCUT2D eigenvalue weighted by Gasteiger charge is 2.15. The van der Waals surface area contributed by atoms with Crippen molar-refractivity contribution in [3.8, 4) is 11.5 Å². The normalized spacial score (nSPS) is 10.1. The lowest BCUT2D eigenvalue weighted by atomic mass is 10.0. The minimum absolute atomic E-state index is 0.0530. The monoisotopic (exact) mass is 438 g/mol. The number of hydrogen-bond acceptors (Lipinski definition) is 5. The van der Waals surface area contributed by atoms with Gasteiger partial charge in [0, 0.05) is 23.1 Å². The number of carboxylic acids is 1. The predicted molar refractivity (Wildman–Crippen MR) is 118 cm³/mol. The highest BCUT2D eigenvalue weighted by Crippen LogP contribution is 2.33. The minimum atomic E-state index is -0.833. The van der Waals surface area contributed by atoms with Crippen LogP contribution in [0.25, 0.3) is 0 Å². The van der Waals surface area contributed by atoms with Crippen LogP contribution in [-0.2, 0) is 11.2 Å². The number of aliphatic carboxylic acids is 1. The molecule has 158 valence electrons. The van der Waals surface area contributed by atoms with Gasteiger partial charge in [-0.3, -0.25) is 9.59 Å². The number of benzene rings is 2. The van der Waals surface area contributed by atoms with E-state index >= 15 is 0 Å². The number of phenols is 1. The standard InChI is InChI=1S/C20H23ClO3S.C2H4O2/c1-3-7-16-18(11-10-15(14(2)22)20(16)23)24-12-6-13-25-19-9-5-4-8-17(19)21;1-2(3)4/h4-5,8-11,23H,3,6-7,12-13H2,1-2H3;1H3,(H,3,4). The van der Waals surface area contributed by atoms with Gasteiger partial charge in [-0.25, -0.2) is 0 Å². The molecule has 2 rings (SSSR count). The van der Waals surface area contributed by atoms with Gasteiger partial charge in [0.25, 0.3) is 5.97 Å². The highest BCUT2D eigenvalue weighted by atomic mass is 35.5. The first-order chi connectivity index (χ1) is 13.8. The summed E-state index contributed by atoms with van der Waals surface area (Å²) < 4.78 is 5.86. The second kappa shape index (κ2) is 13.1. The van der Waals surface area contributed by atoms with Crippen molar-refractivity contribution in [2.24, 2.45) is 0 Å². The van der Waals surface area contributed by atoms with Gasteiger partial charge in [-0.1, -0.05) is 37.1 Å². The summed E-state index contributed by atoms with van der Waals surface area (Å²) in [5, 5.41) is 18.5. The minimum Gasteiger partial charge on any atom is -0.507 e. The summed E-state index contributed by atoms with van der Waals surface area (Å²) in [4.78, 5) is 21.6. The summed E-state index contributed by atoms with van der Waals surface area (Å²) in [5.41, 5.74) is 1.07. The van der Waals surface area contributed by atoms with Crippen LogP contribution in [0.5, 0.6) is 11.5 Å². The van der Waals surface area contributed by atoms with Crippen molar-refractivity contribution in [1.29, 1.82) is 0 Å². The van der Waals surface area contributed by atoms with Crippen molar-refractivity contribution < 1.29 is 24.5 Å². The molecule has 29 heavy (non-hydrogen) atoms. The van der Waals surface area contributed by atoms with Gasteiger partial charge in [-0.2, -0.15) is 0 Å². The van der Waals surface area contributed by atoms with E-state index in [-0.39, 0.29) is 11.5 Å². The largest absolute Gasteiger partial charge is 0.507 e. The number of rotatable bonds is 9. The Kier molecular flexibility index (Phi) is 11.2. The molecule has 0 heterocycles. The molecule has 0 aliphatic heterocycles. The summed E-state index contributed by atoms with van der Waals surface area (Å²) in [6, 6.07) is 11.2. The number of thioether (sulfide) groups is 1. The van der Waals surface area contributed by atoms with Gasteiger partial charge in [0.05, 0.1) is 17.2 Å². The Balaban J connectivity index is 0.000000960. The van der Waals surface area contributed by atoms with E-state index in [9.17, 15) is 9.90 Å². The van der Waals surface area contributed by atoms with Crippen molar-refractivity contribution >= 4 is 35.1 Å². The zero-order valence-corrected chi connectivity index (χ0v) is 18.5. The third-order valence-electron chi connectivity index (χ3n) is 3.76. The molecule has 2 aromatic rings. The average molecular weight is 439 g/mol. The molecule has 2 aromatic carbocycles. The fourth-order valence-electron chi connectivity index (χ4n) is 2.51. The van der Waals surface area contributed by atoms with Crippen LogP contribution in [0.15, 0.2) is 41.3 Å². The maximum Gasteiger partial charge on any atom is 0.300 e. The summed E-state index contributed by atoms with van der Waals surface area (Å²) in [6.45, 7) is 5.12. The molecule has 0 bridgehead atoms. The van der Waals surface area contributed by atoms with E-state index in [4.69, 9.17) is 26.2 Å². The molecule has 0 saturated heterocycles. The summed E-state index contributed by atoms with van der Waals surface area (Å²) >= 11 is 7.84. The first-order valence-corrected chi connectivity index (χ1v) is 10.7. The van der Waals surface area contributed by atoms with Crippen LogP contribution < -0.4 is 4.74 Å². The van der Waals surface area contributed by atoms with Crippen LogP contribution in [0, 0.1) is 0 Å². The number of halogens is 1. The predicted octanol–water partition coefficient (Wildman–Crippen LogP) is 5.85. The molecule has 0 unspecified atom stereocenters. The first kappa shape index (κ1) is 24.9. The number of aromatic hydroxyl groups is 1. The zero-order valence-electron chi connectivity index (χ0n) is 16.9. The fourth-order valence-corrected chi connectivity index (χ4v) is 3.68. The number of ether oxygens (including phenoxy) is 1. The van der Waals surface area contributed by atoms with Crippen molar-refractivity contribution in [2.45, 2.75) is 44.9 Å². The lowest BCUT2D eigenvalue weighted by Gasteiger charge is -2.14. The van der Waals surface area contributed by atoms with Crippen molar-refractivity contribution in [3.63, 3.8) is 0 Å². The Morgan fingerprint density at radius 1 is 1.14 bits per heavy atom. The van der Waals surface area contributed by atoms with E-state index in [0.717, 1.165) is 35.4 Å². The molecule has 7 heteroatoms. The Morgan fingerprint density at radius 2 is 1.79 bits per heavy atom. The summed E-state index contributed by atoms with van der Waals surface area (Å²) in [5.74, 6) is 0.631. The van der Waals surface area contributed by atoms with E-state index in [1.165, 1.54) is 6.92 Å². The molecule has 0 saturated carbocycles. The molecular formula is C22H27ClO5S. The lowest BCUT2D eigenvalue weighted by molar-refractivity contribution is -0.134. The van der Waals surface area contributed by atoms with Crippen LogP contribution in [0.1, 0.15) is 49.5 Å². The number of carbonyl (C=O) groups is 2. The second-order valence-corrected chi connectivity index (χ2v) is 7.79. The van der Waals surface area contributed by atoms with Crippen molar-refractivity contribution in [3.05, 3.63) is 52.5 Å². The molecule has 0 fully saturated rings. The molecule has 0 aliphatic carbocycles. The molecule has 2 N–H and O–H groups in total. The van der Waals surface area contributed by atoms with Crippen LogP contribution >= 0.6 is 23.4 Å². The number of carboxylic acid groups (broad SMARTS) is 1. The average Bonchev–Trinajstić information content (AvgIpc) is 2.64. The summed E-state index contributed by atoms with van der Waals surface area (Å²) in [7, 11) is 0. The molecule has 0 amide bonds. The van der Waals surface area contributed by atoms with E-state index in [2.05, 4.69) is 0 Å². The van der Waals surface area contributed by atoms with E-state index in [1.807, 2.05) is 31.2 Å². The van der Waals surface area contributed by atoms with Gasteiger partial charge in [-0.15, -0.1) is 11.8 Å². The van der Waals surface area contributed by atoms with Crippen LogP contribution in [-0.4, -0.2) is 34.3 Å². The molecule has 5 nitrogen and oxygen atoms in total. The van der Waals surface area contributed by atoms with E-state index in [1.54, 1.807) is 23.9 Å². The second-order valence-electron chi connectivity index (χ2n) is 6.24. The number of hydrogen-bond donors (Lipinski definition) is 2. The zero-order chi connectivity index (χ0) is 21.8. The van der Waals surface area contributed by atoms with Gasteiger partial charge < -0.3 is 14.9 Å². The smallest absolute Gasteiger partial charge is 0.300 e. The quantitative estimate of drug-likeness (QED) is 0.290. The lowest BCUT2D eigenvalue weighted by Crippen LogP contribution is -2.04. The maximum absolute atomic E-state index is 11.6. The van der Waals surface area contributed by atoms with Gasteiger partial charge in [0.2, 0.25) is 0 Å². The Labute approximate surface area is 181 Å². The Hall–Kier alpha value is -2.18. The van der Waals surface area contributed by atoms with Gasteiger partial charge in [0.1, 0.15) is 11.5 Å². The highest BCUT2D eigenvalue weighted by molar-refractivity contribution is 7.99. The third kappa shape index (κ3) is 8.79. The van der Waals surface area contributed by atoms with Crippen LogP contribution in [0.4, 0.5) is 0 Å². The number of carbonyl (C=O) groups excluding carboxylic acids is 1. The molecule has 0 aliphatic rings. The Bertz CT molecular complexity index is 819. The maximum atomic E-state index is 11.6.